The molecule has 0 amide bonds. The van der Waals surface area contributed by atoms with E-state index < -0.39 is 0 Å². The summed E-state index contributed by atoms with van der Waals surface area (Å²) in [5, 5.41) is 13.2. The maximum Gasteiger partial charge on any atom is 0.354 e. The average molecular weight is 568 g/mol. The quantitative estimate of drug-likeness (QED) is 0.0666. The smallest absolute Gasteiger partial charge is 0.354 e. The molecule has 0 bridgehead atoms. The van der Waals surface area contributed by atoms with Crippen molar-refractivity contribution in [3.8, 4) is 28.8 Å². The Kier molecular flexibility index (Phi) is 10.5. The molecule has 0 aliphatic rings. The van der Waals surface area contributed by atoms with E-state index in [1.165, 1.54) is 10.6 Å². The highest BCUT2D eigenvalue weighted by Gasteiger charge is 2.16. The van der Waals surface area contributed by atoms with Crippen molar-refractivity contribution in [1.29, 1.82) is 5.26 Å². The number of nitrogens with one attached hydrogen (secondary N) is 2. The number of hydrogen-bond acceptors (Lipinski definition) is 7. The Hall–Kier alpha value is -4.92. The number of hydrogen-bond donors (Lipinski definition) is 5. The zero-order valence-corrected chi connectivity index (χ0v) is 23.8. The molecule has 0 aliphatic carbocycles. The molecule has 0 atom stereocenters. The number of ether oxygens (including phenoxy) is 1. The molecule has 2 heterocycles. The summed E-state index contributed by atoms with van der Waals surface area (Å²) in [7, 11) is 1.60. The molecule has 0 aliphatic heterocycles. The van der Waals surface area contributed by atoms with Gasteiger partial charge < -0.3 is 32.2 Å². The van der Waals surface area contributed by atoms with Crippen molar-refractivity contribution >= 4 is 23.1 Å². The molecular weight excluding hydrogens is 530 g/mol. The molecule has 0 saturated heterocycles. The van der Waals surface area contributed by atoms with E-state index in [1.807, 2.05) is 42.5 Å². The van der Waals surface area contributed by atoms with Crippen LogP contribution in [0.15, 0.2) is 64.5 Å². The van der Waals surface area contributed by atoms with Crippen LogP contribution >= 0.6 is 0 Å². The van der Waals surface area contributed by atoms with Crippen LogP contribution < -0.4 is 32.9 Å². The van der Waals surface area contributed by atoms with Crippen LogP contribution in [-0.4, -0.2) is 47.2 Å². The van der Waals surface area contributed by atoms with Crippen molar-refractivity contribution in [3.05, 3.63) is 81.9 Å². The standard InChI is InChI=1S/C31H37N9O2/c1-42-28-23(7-4-13-33)16-22(6-2-3-12-32)17-26(28)27-18-24-20-40(31(41)39-29(24)38-27)25-10-8-21(9-11-25)19-36-14-5-15-37-30(34)35/h4,7-11,16-18,20,36H,2-3,5-6,12,14-15,19,32H2,1H3,(H4,34,35,37)(H,38,39,41)/b7-4+. The fourth-order valence-electron chi connectivity index (χ4n) is 4.75. The maximum absolute atomic E-state index is 13.0. The first-order chi connectivity index (χ1) is 20.4. The number of allylic oxidation sites excluding steroid dienone is 1. The van der Waals surface area contributed by atoms with Crippen LogP contribution in [0.2, 0.25) is 0 Å². The number of aliphatic imine (C=N–C) groups is 1. The topological polar surface area (TPSA) is 186 Å². The molecule has 4 rings (SSSR count). The Morgan fingerprint density at radius 2 is 1.98 bits per heavy atom. The van der Waals surface area contributed by atoms with E-state index in [1.54, 1.807) is 19.4 Å². The van der Waals surface area contributed by atoms with Crippen LogP contribution in [0.25, 0.3) is 34.1 Å². The molecule has 0 unspecified atom stereocenters. The van der Waals surface area contributed by atoms with Crippen molar-refractivity contribution in [3.63, 3.8) is 0 Å². The third-order valence-electron chi connectivity index (χ3n) is 6.79. The number of H-pyrrole nitrogens is 1. The minimum Gasteiger partial charge on any atom is -0.495 e. The molecule has 0 radical (unpaired) electrons. The average Bonchev–Trinajstić information content (AvgIpc) is 3.40. The Labute approximate surface area is 244 Å². The van der Waals surface area contributed by atoms with Crippen LogP contribution in [0.1, 0.15) is 36.0 Å². The highest BCUT2D eigenvalue weighted by Crippen LogP contribution is 2.36. The highest BCUT2D eigenvalue weighted by atomic mass is 16.5. The number of methoxy groups -OCH3 is 1. The first-order valence-corrected chi connectivity index (χ1v) is 13.9. The van der Waals surface area contributed by atoms with Crippen LogP contribution in [0.4, 0.5) is 0 Å². The third-order valence-corrected chi connectivity index (χ3v) is 6.79. The van der Waals surface area contributed by atoms with E-state index in [4.69, 9.17) is 27.2 Å². The van der Waals surface area contributed by atoms with Gasteiger partial charge in [0.05, 0.1) is 24.6 Å². The van der Waals surface area contributed by atoms with Crippen LogP contribution in [0, 0.1) is 11.3 Å². The van der Waals surface area contributed by atoms with E-state index in [9.17, 15) is 4.79 Å². The van der Waals surface area contributed by atoms with E-state index in [2.05, 4.69) is 26.3 Å². The molecule has 42 heavy (non-hydrogen) atoms. The van der Waals surface area contributed by atoms with Gasteiger partial charge in [0.25, 0.3) is 0 Å². The monoisotopic (exact) mass is 567 g/mol. The van der Waals surface area contributed by atoms with Gasteiger partial charge in [0.15, 0.2) is 5.96 Å². The molecule has 8 N–H and O–H groups in total. The zero-order chi connectivity index (χ0) is 29.9. The highest BCUT2D eigenvalue weighted by molar-refractivity contribution is 5.86. The number of fused-ring (bicyclic) bond motifs is 1. The van der Waals surface area contributed by atoms with Gasteiger partial charge in [-0.15, -0.1) is 0 Å². The van der Waals surface area contributed by atoms with Crippen molar-refractivity contribution in [2.24, 2.45) is 22.2 Å². The molecule has 4 aromatic rings. The predicted molar refractivity (Wildman–Crippen MR) is 167 cm³/mol. The van der Waals surface area contributed by atoms with Crippen LogP contribution in [0.5, 0.6) is 5.75 Å². The summed E-state index contributed by atoms with van der Waals surface area (Å²) in [4.78, 5) is 24.6. The number of aryl methyl sites for hydroxylation is 1. The number of benzene rings is 2. The molecule has 218 valence electrons. The van der Waals surface area contributed by atoms with Gasteiger partial charge in [0.2, 0.25) is 0 Å². The van der Waals surface area contributed by atoms with E-state index in [-0.39, 0.29) is 11.6 Å². The zero-order valence-electron chi connectivity index (χ0n) is 23.8. The van der Waals surface area contributed by atoms with Gasteiger partial charge >= 0.3 is 5.69 Å². The second-order valence-electron chi connectivity index (χ2n) is 9.86. The Morgan fingerprint density at radius 3 is 2.69 bits per heavy atom. The van der Waals surface area contributed by atoms with Crippen molar-refractivity contribution in [2.75, 3.05) is 26.7 Å². The summed E-state index contributed by atoms with van der Waals surface area (Å²) in [6.07, 6.45) is 8.51. The Morgan fingerprint density at radius 1 is 1.17 bits per heavy atom. The number of nitriles is 1. The van der Waals surface area contributed by atoms with Crippen LogP contribution in [0.3, 0.4) is 0 Å². The lowest BCUT2D eigenvalue weighted by Gasteiger charge is -2.14. The minimum absolute atomic E-state index is 0.103. The normalized spacial score (nSPS) is 11.2. The summed E-state index contributed by atoms with van der Waals surface area (Å²) in [6.45, 7) is 2.69. The lowest BCUT2D eigenvalue weighted by Crippen LogP contribution is -2.23. The minimum atomic E-state index is -0.387. The summed E-state index contributed by atoms with van der Waals surface area (Å²) >= 11 is 0. The Bertz CT molecular complexity index is 1660. The van der Waals surface area contributed by atoms with Gasteiger partial charge in [0, 0.05) is 41.9 Å². The van der Waals surface area contributed by atoms with Gasteiger partial charge in [-0.25, -0.2) is 4.79 Å². The van der Waals surface area contributed by atoms with E-state index in [0.717, 1.165) is 71.2 Å². The fraction of sp³-hybridized carbons (Fsp3) is 0.290. The number of guanidine groups is 1. The predicted octanol–water partition coefficient (Wildman–Crippen LogP) is 2.96. The lowest BCUT2D eigenvalue weighted by molar-refractivity contribution is 0.415. The first kappa shape index (κ1) is 30.0. The second-order valence-corrected chi connectivity index (χ2v) is 9.86. The number of aromatic nitrogens is 3. The van der Waals surface area contributed by atoms with E-state index >= 15 is 0 Å². The molecule has 11 heteroatoms. The summed E-state index contributed by atoms with van der Waals surface area (Å²) in [6, 6.07) is 15.9. The molecule has 11 nitrogen and oxygen atoms in total. The number of rotatable bonds is 14. The molecule has 2 aromatic carbocycles. The number of nitrogens with zero attached hydrogens (tertiary/aromatic N) is 4. The van der Waals surface area contributed by atoms with Crippen molar-refractivity contribution in [2.45, 2.75) is 32.2 Å². The molecule has 0 saturated carbocycles. The van der Waals surface area contributed by atoms with Crippen molar-refractivity contribution < 1.29 is 4.74 Å². The number of nitrogens with two attached hydrogens (primary N) is 3. The number of aromatic amines is 1. The number of unbranched alkanes of at least 4 members (excludes halogenated alkanes) is 1. The first-order valence-electron chi connectivity index (χ1n) is 13.9. The van der Waals surface area contributed by atoms with Crippen molar-refractivity contribution in [1.82, 2.24) is 19.9 Å². The molecule has 2 aromatic heterocycles. The van der Waals surface area contributed by atoms with E-state index in [0.29, 0.717) is 31.0 Å². The fourth-order valence-corrected chi connectivity index (χ4v) is 4.75. The molecule has 0 spiro atoms. The lowest BCUT2D eigenvalue weighted by atomic mass is 9.98. The van der Waals surface area contributed by atoms with Gasteiger partial charge in [-0.1, -0.05) is 12.1 Å². The second kappa shape index (κ2) is 14.6. The largest absolute Gasteiger partial charge is 0.495 e. The Balaban J connectivity index is 1.60. The van der Waals surface area contributed by atoms with Gasteiger partial charge in [-0.3, -0.25) is 9.56 Å². The maximum atomic E-state index is 13.0. The third kappa shape index (κ3) is 7.63. The molecule has 0 fully saturated rings. The van der Waals surface area contributed by atoms with Gasteiger partial charge in [-0.05, 0) is 86.3 Å². The SMILES string of the molecule is COc1c(/C=C/C#N)cc(CCCCN)cc1-c1cc2cn(-c3ccc(CNCCCN=C(N)N)cc3)c(=O)nc2[nH]1. The molecular formula is C31H37N9O2. The van der Waals surface area contributed by atoms with Crippen LogP contribution in [-0.2, 0) is 13.0 Å². The summed E-state index contributed by atoms with van der Waals surface area (Å²) < 4.78 is 7.32. The summed E-state index contributed by atoms with van der Waals surface area (Å²) in [5.41, 5.74) is 21.8. The van der Waals surface area contributed by atoms with Gasteiger partial charge in [0.1, 0.15) is 11.4 Å². The summed E-state index contributed by atoms with van der Waals surface area (Å²) in [5.74, 6) is 0.734. The van der Waals surface area contributed by atoms with Gasteiger partial charge in [-0.2, -0.15) is 10.2 Å².